The van der Waals surface area contributed by atoms with Crippen LogP contribution in [-0.4, -0.2) is 11.4 Å². The van der Waals surface area contributed by atoms with E-state index in [1.807, 2.05) is 0 Å². The van der Waals surface area contributed by atoms with E-state index in [2.05, 4.69) is 9.68 Å². The van der Waals surface area contributed by atoms with Gasteiger partial charge in [0.25, 0.3) is 0 Å². The van der Waals surface area contributed by atoms with Gasteiger partial charge in [0, 0.05) is 5.92 Å². The van der Waals surface area contributed by atoms with Crippen molar-refractivity contribution in [1.29, 1.82) is 0 Å². The molecule has 2 rings (SSSR count). The van der Waals surface area contributed by atoms with Gasteiger partial charge in [-0.2, -0.15) is 13.2 Å². The number of nitrogens with zero attached hydrogens (tertiary/aromatic N) is 1. The Balaban J connectivity index is 2.46. The van der Waals surface area contributed by atoms with Gasteiger partial charge in [0.15, 0.2) is 17.7 Å². The van der Waals surface area contributed by atoms with Gasteiger partial charge in [-0.25, -0.2) is 0 Å². The lowest BCUT2D eigenvalue weighted by molar-refractivity contribution is -0.142. The summed E-state index contributed by atoms with van der Waals surface area (Å²) in [7, 11) is 0. The molecule has 1 aromatic heterocycles. The average Bonchev–Trinajstić information content (AvgIpc) is 2.82. The Morgan fingerprint density at radius 1 is 1.43 bits per heavy atom. The van der Waals surface area contributed by atoms with E-state index >= 15 is 0 Å². The van der Waals surface area contributed by atoms with Gasteiger partial charge in [-0.15, -0.1) is 0 Å². The average molecular weight is 205 g/mol. The molecule has 0 N–H and O–H groups in total. The molecule has 14 heavy (non-hydrogen) atoms. The second-order valence-corrected chi connectivity index (χ2v) is 3.20. The lowest BCUT2D eigenvalue weighted by Crippen LogP contribution is -2.08. The van der Waals surface area contributed by atoms with Crippen LogP contribution in [0.1, 0.15) is 40.6 Å². The third kappa shape index (κ3) is 1.40. The molecule has 1 saturated carbocycles. The molecule has 0 amide bonds. The molecule has 0 atom stereocenters. The Labute approximate surface area is 76.9 Å². The van der Waals surface area contributed by atoms with Crippen molar-refractivity contribution in [1.82, 2.24) is 5.16 Å². The summed E-state index contributed by atoms with van der Waals surface area (Å²) < 4.78 is 41.3. The Kier molecular flexibility index (Phi) is 1.87. The highest BCUT2D eigenvalue weighted by Crippen LogP contribution is 2.44. The fourth-order valence-corrected chi connectivity index (χ4v) is 1.27. The van der Waals surface area contributed by atoms with Gasteiger partial charge in [-0.3, -0.25) is 4.79 Å². The Bertz CT molecular complexity index is 365. The van der Waals surface area contributed by atoms with Crippen LogP contribution in [-0.2, 0) is 6.18 Å². The molecule has 0 radical (unpaired) electrons. The molecule has 6 heteroatoms. The summed E-state index contributed by atoms with van der Waals surface area (Å²) >= 11 is 0. The van der Waals surface area contributed by atoms with Crippen molar-refractivity contribution in [3.63, 3.8) is 0 Å². The van der Waals surface area contributed by atoms with Crippen LogP contribution < -0.4 is 0 Å². The first-order chi connectivity index (χ1) is 6.54. The van der Waals surface area contributed by atoms with Crippen molar-refractivity contribution in [3.8, 4) is 0 Å². The normalized spacial score (nSPS) is 17.1. The molecule has 1 aromatic rings. The molecule has 76 valence electrons. The highest BCUT2D eigenvalue weighted by Gasteiger charge is 2.42. The first-order valence-corrected chi connectivity index (χ1v) is 4.06. The highest BCUT2D eigenvalue weighted by atomic mass is 19.4. The van der Waals surface area contributed by atoms with Crippen LogP contribution in [0.15, 0.2) is 4.52 Å². The maximum atomic E-state index is 12.3. The lowest BCUT2D eigenvalue weighted by Gasteiger charge is -2.00. The number of carbonyl (C=O) groups excluding carboxylic acids is 1. The van der Waals surface area contributed by atoms with Crippen molar-refractivity contribution in [3.05, 3.63) is 17.0 Å². The molecule has 1 aliphatic carbocycles. The van der Waals surface area contributed by atoms with E-state index < -0.39 is 17.4 Å². The van der Waals surface area contributed by atoms with Gasteiger partial charge in [0.05, 0.1) is 5.56 Å². The van der Waals surface area contributed by atoms with E-state index in [0.29, 0.717) is 0 Å². The van der Waals surface area contributed by atoms with Crippen LogP contribution in [0.5, 0.6) is 0 Å². The molecule has 0 aromatic carbocycles. The summed E-state index contributed by atoms with van der Waals surface area (Å²) in [5.41, 5.74) is -1.66. The zero-order valence-electron chi connectivity index (χ0n) is 6.97. The number of carbonyl (C=O) groups is 1. The number of rotatable bonds is 2. The van der Waals surface area contributed by atoms with Crippen molar-refractivity contribution in [2.45, 2.75) is 24.9 Å². The molecule has 0 aliphatic heterocycles. The standard InChI is InChI=1S/C8H6F3NO2/c9-8(10,11)7-5(3-13)6(14-12-7)4-1-2-4/h3-4H,1-2H2. The summed E-state index contributed by atoms with van der Waals surface area (Å²) in [6.45, 7) is 0. The minimum atomic E-state index is -4.62. The summed E-state index contributed by atoms with van der Waals surface area (Å²) in [6, 6.07) is 0. The molecule has 3 nitrogen and oxygen atoms in total. The van der Waals surface area contributed by atoms with Crippen LogP contribution in [0.3, 0.4) is 0 Å². The highest BCUT2D eigenvalue weighted by molar-refractivity contribution is 5.78. The summed E-state index contributed by atoms with van der Waals surface area (Å²) in [5, 5.41) is 2.89. The number of halogens is 3. The number of aromatic nitrogens is 1. The van der Waals surface area contributed by atoms with Crippen molar-refractivity contribution >= 4 is 6.29 Å². The molecular weight excluding hydrogens is 199 g/mol. The van der Waals surface area contributed by atoms with Crippen LogP contribution >= 0.6 is 0 Å². The fourth-order valence-electron chi connectivity index (χ4n) is 1.27. The SMILES string of the molecule is O=Cc1c(C(F)(F)F)noc1C1CC1. The second kappa shape index (κ2) is 2.83. The first kappa shape index (κ1) is 9.23. The zero-order chi connectivity index (χ0) is 10.3. The van der Waals surface area contributed by atoms with E-state index in [0.717, 1.165) is 12.8 Å². The molecular formula is C8H6F3NO2. The third-order valence-corrected chi connectivity index (χ3v) is 2.09. The van der Waals surface area contributed by atoms with E-state index in [1.165, 1.54) is 0 Å². The summed E-state index contributed by atoms with van der Waals surface area (Å²) in [4.78, 5) is 10.5. The molecule has 1 heterocycles. The van der Waals surface area contributed by atoms with Crippen molar-refractivity contribution < 1.29 is 22.5 Å². The van der Waals surface area contributed by atoms with Gasteiger partial charge in [-0.1, -0.05) is 5.16 Å². The van der Waals surface area contributed by atoms with E-state index in [4.69, 9.17) is 0 Å². The maximum Gasteiger partial charge on any atom is 0.437 e. The molecule has 1 aliphatic rings. The lowest BCUT2D eigenvalue weighted by atomic mass is 10.1. The topological polar surface area (TPSA) is 43.1 Å². The molecule has 0 bridgehead atoms. The Hall–Kier alpha value is -1.33. The largest absolute Gasteiger partial charge is 0.437 e. The van der Waals surface area contributed by atoms with Crippen LogP contribution in [0.2, 0.25) is 0 Å². The monoisotopic (exact) mass is 205 g/mol. The fraction of sp³-hybridized carbons (Fsp3) is 0.500. The number of hydrogen-bond donors (Lipinski definition) is 0. The van der Waals surface area contributed by atoms with Gasteiger partial charge >= 0.3 is 6.18 Å². The van der Waals surface area contributed by atoms with E-state index in [9.17, 15) is 18.0 Å². The predicted octanol–water partition coefficient (Wildman–Crippen LogP) is 2.38. The zero-order valence-corrected chi connectivity index (χ0v) is 6.97. The van der Waals surface area contributed by atoms with E-state index in [-0.39, 0.29) is 18.0 Å². The number of alkyl halides is 3. The Morgan fingerprint density at radius 3 is 2.50 bits per heavy atom. The predicted molar refractivity (Wildman–Crippen MR) is 38.9 cm³/mol. The molecule has 0 spiro atoms. The van der Waals surface area contributed by atoms with Crippen LogP contribution in [0.25, 0.3) is 0 Å². The minimum absolute atomic E-state index is 0.0567. The second-order valence-electron chi connectivity index (χ2n) is 3.20. The first-order valence-electron chi connectivity index (χ1n) is 4.06. The smallest absolute Gasteiger partial charge is 0.360 e. The molecule has 0 unspecified atom stereocenters. The third-order valence-electron chi connectivity index (χ3n) is 2.09. The van der Waals surface area contributed by atoms with Crippen molar-refractivity contribution in [2.24, 2.45) is 0 Å². The molecule has 0 saturated heterocycles. The summed E-state index contributed by atoms with van der Waals surface area (Å²) in [5.74, 6) is 0.0196. The maximum absolute atomic E-state index is 12.3. The number of hydrogen-bond acceptors (Lipinski definition) is 3. The Morgan fingerprint density at radius 2 is 2.07 bits per heavy atom. The van der Waals surface area contributed by atoms with Crippen LogP contribution in [0, 0.1) is 0 Å². The minimum Gasteiger partial charge on any atom is -0.360 e. The van der Waals surface area contributed by atoms with Gasteiger partial charge < -0.3 is 4.52 Å². The van der Waals surface area contributed by atoms with Gasteiger partial charge in [0.2, 0.25) is 0 Å². The molecule has 1 fully saturated rings. The quantitative estimate of drug-likeness (QED) is 0.696. The van der Waals surface area contributed by atoms with Crippen molar-refractivity contribution in [2.75, 3.05) is 0 Å². The van der Waals surface area contributed by atoms with Gasteiger partial charge in [-0.05, 0) is 12.8 Å². The van der Waals surface area contributed by atoms with E-state index in [1.54, 1.807) is 0 Å². The summed E-state index contributed by atoms with van der Waals surface area (Å²) in [6.07, 6.45) is -2.94. The number of aldehydes is 1. The van der Waals surface area contributed by atoms with Crippen LogP contribution in [0.4, 0.5) is 13.2 Å². The van der Waals surface area contributed by atoms with Gasteiger partial charge in [0.1, 0.15) is 0 Å².